The van der Waals surface area contributed by atoms with Crippen molar-refractivity contribution in [2.24, 2.45) is 11.7 Å². The normalized spacial score (nSPS) is 15.5. The fraction of sp³-hybridized carbons (Fsp3) is 0.579. The third kappa shape index (κ3) is 7.34. The molecule has 0 aliphatic rings. The maximum atomic E-state index is 12.1. The minimum atomic E-state index is -0.975. The summed E-state index contributed by atoms with van der Waals surface area (Å²) in [6.45, 7) is 8.77. The zero-order valence-electron chi connectivity index (χ0n) is 16.3. The summed E-state index contributed by atoms with van der Waals surface area (Å²) in [4.78, 5) is 23.9. The van der Waals surface area contributed by atoms with E-state index in [0.717, 1.165) is 0 Å². The highest BCUT2D eigenvalue weighted by Crippen LogP contribution is 2.25. The molecular formula is C19H29NO7. The van der Waals surface area contributed by atoms with Crippen LogP contribution in [-0.4, -0.2) is 46.7 Å². The Morgan fingerprint density at radius 3 is 2.04 bits per heavy atom. The molecule has 0 bridgehead atoms. The average Bonchev–Trinajstić information content (AvgIpc) is 2.57. The highest BCUT2D eigenvalue weighted by molar-refractivity contribution is 5.76. The van der Waals surface area contributed by atoms with Crippen LogP contribution in [0, 0.1) is 5.92 Å². The number of rotatable bonds is 8. The smallest absolute Gasteiger partial charge is 0.504 e. The Labute approximate surface area is 159 Å². The Balaban J connectivity index is 2.51. The summed E-state index contributed by atoms with van der Waals surface area (Å²) in [5.41, 5.74) is 6.40. The van der Waals surface area contributed by atoms with Crippen molar-refractivity contribution in [2.45, 2.75) is 65.4 Å². The van der Waals surface area contributed by atoms with E-state index in [0.29, 0.717) is 5.56 Å². The maximum Gasteiger partial charge on any atom is 0.508 e. The van der Waals surface area contributed by atoms with Crippen LogP contribution in [-0.2, 0) is 25.4 Å². The molecule has 0 spiro atoms. The van der Waals surface area contributed by atoms with E-state index in [1.54, 1.807) is 26.8 Å². The second-order valence-electron chi connectivity index (χ2n) is 6.92. The monoisotopic (exact) mass is 383 g/mol. The Bertz CT molecular complexity index is 647. The third-order valence-corrected chi connectivity index (χ3v) is 4.26. The first kappa shape index (κ1) is 22.6. The molecule has 0 aromatic heterocycles. The van der Waals surface area contributed by atoms with Crippen molar-refractivity contribution in [2.75, 3.05) is 0 Å². The molecule has 27 heavy (non-hydrogen) atoms. The van der Waals surface area contributed by atoms with Crippen LogP contribution in [0.15, 0.2) is 18.2 Å². The van der Waals surface area contributed by atoms with E-state index in [9.17, 15) is 19.8 Å². The van der Waals surface area contributed by atoms with Crippen LogP contribution in [0.2, 0.25) is 0 Å². The lowest BCUT2D eigenvalue weighted by molar-refractivity contribution is -0.155. The molecule has 152 valence electrons. The minimum absolute atomic E-state index is 0.114. The van der Waals surface area contributed by atoms with Gasteiger partial charge in [-0.05, 0) is 50.8 Å². The predicted octanol–water partition coefficient (Wildman–Crippen LogP) is 2.49. The number of benzene rings is 1. The minimum Gasteiger partial charge on any atom is -0.504 e. The fourth-order valence-corrected chi connectivity index (χ4v) is 1.96. The van der Waals surface area contributed by atoms with E-state index in [1.165, 1.54) is 12.1 Å². The van der Waals surface area contributed by atoms with Crippen LogP contribution < -0.4 is 5.73 Å². The van der Waals surface area contributed by atoms with Crippen LogP contribution in [0.3, 0.4) is 0 Å². The van der Waals surface area contributed by atoms with Crippen molar-refractivity contribution in [1.82, 2.24) is 0 Å². The van der Waals surface area contributed by atoms with Crippen LogP contribution >= 0.6 is 0 Å². The van der Waals surface area contributed by atoms with Gasteiger partial charge in [0.15, 0.2) is 11.5 Å². The standard InChI is InChI=1S/C19H29NO7/c1-10(2)11(3)26-19(24)27-13(5)12(4)25-18(23)15(20)8-14-6-7-16(21)17(22)9-14/h6-7,9-13,15,21-22H,8,20H2,1-5H3/t11?,12-,13-,15+/m1/s1. The van der Waals surface area contributed by atoms with Gasteiger partial charge in [0.05, 0.1) is 0 Å². The quantitative estimate of drug-likeness (QED) is 0.461. The van der Waals surface area contributed by atoms with Gasteiger partial charge >= 0.3 is 12.1 Å². The number of esters is 1. The summed E-state index contributed by atoms with van der Waals surface area (Å²) >= 11 is 0. The van der Waals surface area contributed by atoms with E-state index >= 15 is 0 Å². The van der Waals surface area contributed by atoms with Gasteiger partial charge in [-0.1, -0.05) is 19.9 Å². The topological polar surface area (TPSA) is 128 Å². The molecule has 8 heteroatoms. The Morgan fingerprint density at radius 1 is 0.926 bits per heavy atom. The SMILES string of the molecule is CC(C)C(C)OC(=O)O[C@H](C)[C@@H](C)OC(=O)[C@@H](N)Cc1ccc(O)c(O)c1. The Morgan fingerprint density at radius 2 is 1.48 bits per heavy atom. The first-order valence-corrected chi connectivity index (χ1v) is 8.85. The van der Waals surface area contributed by atoms with Crippen molar-refractivity contribution in [3.63, 3.8) is 0 Å². The summed E-state index contributed by atoms with van der Waals surface area (Å²) in [5.74, 6) is -1.07. The molecule has 1 rings (SSSR count). The number of carbonyl (C=O) groups is 2. The van der Waals surface area contributed by atoms with E-state index in [4.69, 9.17) is 19.9 Å². The van der Waals surface area contributed by atoms with Crippen LogP contribution in [0.25, 0.3) is 0 Å². The molecule has 0 heterocycles. The largest absolute Gasteiger partial charge is 0.508 e. The van der Waals surface area contributed by atoms with Crippen molar-refractivity contribution < 1.29 is 34.0 Å². The van der Waals surface area contributed by atoms with Gasteiger partial charge in [-0.3, -0.25) is 4.79 Å². The van der Waals surface area contributed by atoms with Gasteiger partial charge < -0.3 is 30.2 Å². The third-order valence-electron chi connectivity index (χ3n) is 4.26. The van der Waals surface area contributed by atoms with Gasteiger partial charge in [0.2, 0.25) is 0 Å². The fourth-order valence-electron chi connectivity index (χ4n) is 1.96. The molecule has 0 saturated carbocycles. The van der Waals surface area contributed by atoms with Gasteiger partial charge in [-0.25, -0.2) is 4.79 Å². The number of ether oxygens (including phenoxy) is 3. The molecule has 0 aliphatic carbocycles. The molecule has 0 radical (unpaired) electrons. The van der Waals surface area contributed by atoms with Gasteiger partial charge in [0.25, 0.3) is 0 Å². The number of phenols is 2. The van der Waals surface area contributed by atoms with Gasteiger partial charge in [-0.2, -0.15) is 0 Å². The van der Waals surface area contributed by atoms with Crippen molar-refractivity contribution in [3.05, 3.63) is 23.8 Å². The Kier molecular flexibility index (Phi) is 8.36. The van der Waals surface area contributed by atoms with Crippen LogP contribution in [0.5, 0.6) is 11.5 Å². The van der Waals surface area contributed by atoms with Crippen LogP contribution in [0.1, 0.15) is 40.2 Å². The summed E-state index contributed by atoms with van der Waals surface area (Å²) in [7, 11) is 0. The molecule has 4 N–H and O–H groups in total. The second-order valence-corrected chi connectivity index (χ2v) is 6.92. The van der Waals surface area contributed by atoms with Gasteiger partial charge in [-0.15, -0.1) is 0 Å². The van der Waals surface area contributed by atoms with E-state index in [2.05, 4.69) is 0 Å². The first-order valence-electron chi connectivity index (χ1n) is 8.85. The Hall–Kier alpha value is -2.48. The van der Waals surface area contributed by atoms with Gasteiger partial charge in [0.1, 0.15) is 24.4 Å². The van der Waals surface area contributed by atoms with Crippen molar-refractivity contribution in [3.8, 4) is 11.5 Å². The lowest BCUT2D eigenvalue weighted by Gasteiger charge is -2.23. The number of hydrogen-bond acceptors (Lipinski definition) is 8. The van der Waals surface area contributed by atoms with Crippen LogP contribution in [0.4, 0.5) is 4.79 Å². The molecule has 8 nitrogen and oxygen atoms in total. The molecule has 1 aromatic rings. The maximum absolute atomic E-state index is 12.1. The van der Waals surface area contributed by atoms with Crippen molar-refractivity contribution in [1.29, 1.82) is 0 Å². The zero-order chi connectivity index (χ0) is 20.7. The van der Waals surface area contributed by atoms with E-state index in [1.807, 2.05) is 13.8 Å². The number of aromatic hydroxyl groups is 2. The first-order chi connectivity index (χ1) is 12.5. The van der Waals surface area contributed by atoms with Gasteiger partial charge in [0, 0.05) is 0 Å². The number of nitrogens with two attached hydrogens (primary N) is 1. The molecule has 0 amide bonds. The zero-order valence-corrected chi connectivity index (χ0v) is 16.3. The number of hydrogen-bond donors (Lipinski definition) is 3. The lowest BCUT2D eigenvalue weighted by Crippen LogP contribution is -2.39. The second kappa shape index (κ2) is 10.0. The summed E-state index contributed by atoms with van der Waals surface area (Å²) in [5, 5.41) is 18.8. The molecular weight excluding hydrogens is 354 g/mol. The summed E-state index contributed by atoms with van der Waals surface area (Å²) in [6, 6.07) is 3.20. The lowest BCUT2D eigenvalue weighted by atomic mass is 10.1. The van der Waals surface area contributed by atoms with E-state index < -0.39 is 30.4 Å². The number of phenolic OH excluding ortho intramolecular Hbond substituents is 2. The highest BCUT2D eigenvalue weighted by atomic mass is 16.7. The molecule has 0 aliphatic heterocycles. The highest BCUT2D eigenvalue weighted by Gasteiger charge is 2.25. The van der Waals surface area contributed by atoms with Crippen molar-refractivity contribution >= 4 is 12.1 Å². The molecule has 0 fully saturated rings. The summed E-state index contributed by atoms with van der Waals surface area (Å²) in [6.07, 6.45) is -2.44. The molecule has 0 saturated heterocycles. The molecule has 1 aromatic carbocycles. The summed E-state index contributed by atoms with van der Waals surface area (Å²) < 4.78 is 15.5. The molecule has 1 unspecified atom stereocenters. The van der Waals surface area contributed by atoms with E-state index in [-0.39, 0.29) is 29.9 Å². The molecule has 4 atom stereocenters. The average molecular weight is 383 g/mol. The number of carbonyl (C=O) groups excluding carboxylic acids is 2. The predicted molar refractivity (Wildman–Crippen MR) is 98.3 cm³/mol.